The lowest BCUT2D eigenvalue weighted by atomic mass is 9.74. The van der Waals surface area contributed by atoms with Crippen molar-refractivity contribution in [3.05, 3.63) is 23.8 Å². The molecule has 1 aromatic rings. The van der Waals surface area contributed by atoms with E-state index in [1.165, 1.54) is 18.6 Å². The zero-order chi connectivity index (χ0) is 15.1. The molecular formula is C15H19BF3O2-. The van der Waals surface area contributed by atoms with E-state index < -0.39 is 12.4 Å². The third kappa shape index (κ3) is 3.05. The van der Waals surface area contributed by atoms with Crippen LogP contribution < -0.4 is 10.2 Å². The summed E-state index contributed by atoms with van der Waals surface area (Å²) in [6.45, 7) is -2.61. The molecule has 2 nitrogen and oxygen atoms in total. The van der Waals surface area contributed by atoms with E-state index in [1.807, 2.05) is 0 Å². The van der Waals surface area contributed by atoms with Gasteiger partial charge < -0.3 is 22.4 Å². The fourth-order valence-corrected chi connectivity index (χ4v) is 3.19. The molecule has 1 aromatic carbocycles. The summed E-state index contributed by atoms with van der Waals surface area (Å²) >= 11 is 0. The first kappa shape index (κ1) is 14.8. The van der Waals surface area contributed by atoms with E-state index in [0.29, 0.717) is 17.9 Å². The SMILES string of the molecule is Cc1cc([B-](F)(F)F)ccc1OC1CCOC2(CCC2)C1. The number of ether oxygens (including phenoxy) is 2. The number of hydrogen-bond acceptors (Lipinski definition) is 2. The first-order chi connectivity index (χ1) is 9.88. The Kier molecular flexibility index (Phi) is 3.68. The molecule has 1 spiro atoms. The molecule has 0 amide bonds. The van der Waals surface area contributed by atoms with E-state index in [4.69, 9.17) is 9.47 Å². The minimum absolute atomic E-state index is 0.0220. The van der Waals surface area contributed by atoms with Crippen molar-refractivity contribution >= 4 is 12.4 Å². The lowest BCUT2D eigenvalue weighted by Gasteiger charge is -2.47. The number of halogens is 3. The minimum Gasteiger partial charge on any atom is -0.490 e. The van der Waals surface area contributed by atoms with Crippen molar-refractivity contribution in [1.29, 1.82) is 0 Å². The van der Waals surface area contributed by atoms with Gasteiger partial charge in [-0.1, -0.05) is 12.1 Å². The van der Waals surface area contributed by atoms with Gasteiger partial charge in [-0.25, -0.2) is 0 Å². The standard InChI is InChI=1S/C15H19BF3O2/c1-11-9-12(16(17,18)19)3-4-14(11)21-13-5-8-20-15(10-13)6-2-7-15/h3-4,9,13H,2,5-8,10H2,1H3/q-1. The van der Waals surface area contributed by atoms with E-state index >= 15 is 0 Å². The van der Waals surface area contributed by atoms with Gasteiger partial charge in [-0.05, 0) is 37.8 Å². The normalized spacial score (nSPS) is 24.7. The molecule has 21 heavy (non-hydrogen) atoms. The topological polar surface area (TPSA) is 18.5 Å². The summed E-state index contributed by atoms with van der Waals surface area (Å²) in [6, 6.07) is 3.73. The third-order valence-electron chi connectivity index (χ3n) is 4.58. The molecule has 2 fully saturated rings. The van der Waals surface area contributed by atoms with Gasteiger partial charge in [0, 0.05) is 12.8 Å². The zero-order valence-electron chi connectivity index (χ0n) is 12.1. The molecule has 116 valence electrons. The molecular weight excluding hydrogens is 280 g/mol. The van der Waals surface area contributed by atoms with E-state index in [2.05, 4.69) is 0 Å². The molecule has 1 atom stereocenters. The van der Waals surface area contributed by atoms with Crippen molar-refractivity contribution in [2.75, 3.05) is 6.61 Å². The lowest BCUT2D eigenvalue weighted by Crippen LogP contribution is -2.48. The Bertz CT molecular complexity index is 526. The van der Waals surface area contributed by atoms with Gasteiger partial charge >= 0.3 is 6.98 Å². The van der Waals surface area contributed by atoms with Crippen LogP contribution in [0.4, 0.5) is 12.9 Å². The van der Waals surface area contributed by atoms with Crippen LogP contribution in [0.5, 0.6) is 5.75 Å². The van der Waals surface area contributed by atoms with Crippen molar-refractivity contribution in [3.8, 4) is 5.75 Å². The first-order valence-electron chi connectivity index (χ1n) is 7.49. The Morgan fingerprint density at radius 2 is 2.05 bits per heavy atom. The van der Waals surface area contributed by atoms with Crippen LogP contribution in [0.15, 0.2) is 18.2 Å². The summed E-state index contributed by atoms with van der Waals surface area (Å²) in [6.07, 6.45) is 5.01. The fourth-order valence-electron chi connectivity index (χ4n) is 3.19. The second-order valence-corrected chi connectivity index (χ2v) is 6.22. The van der Waals surface area contributed by atoms with Crippen molar-refractivity contribution in [2.24, 2.45) is 0 Å². The Labute approximate surface area is 122 Å². The molecule has 0 radical (unpaired) electrons. The number of hydrogen-bond donors (Lipinski definition) is 0. The summed E-state index contributed by atoms with van der Waals surface area (Å²) in [7, 11) is 0. The highest BCUT2D eigenvalue weighted by Crippen LogP contribution is 2.43. The molecule has 1 aliphatic heterocycles. The molecule has 1 unspecified atom stereocenters. The monoisotopic (exact) mass is 299 g/mol. The molecule has 0 aromatic heterocycles. The second-order valence-electron chi connectivity index (χ2n) is 6.22. The van der Waals surface area contributed by atoms with Gasteiger partial charge in [-0.3, -0.25) is 0 Å². The predicted octanol–water partition coefficient (Wildman–Crippen LogP) is 3.53. The Morgan fingerprint density at radius 1 is 1.29 bits per heavy atom. The third-order valence-corrected chi connectivity index (χ3v) is 4.58. The number of aryl methyl sites for hydroxylation is 1. The number of rotatable bonds is 3. The van der Waals surface area contributed by atoms with E-state index in [-0.39, 0.29) is 11.7 Å². The van der Waals surface area contributed by atoms with Crippen molar-refractivity contribution in [2.45, 2.75) is 50.7 Å². The average Bonchev–Trinajstić information content (AvgIpc) is 2.38. The van der Waals surface area contributed by atoms with Gasteiger partial charge in [-0.15, -0.1) is 5.46 Å². The van der Waals surface area contributed by atoms with Crippen LogP contribution in [0.25, 0.3) is 0 Å². The van der Waals surface area contributed by atoms with Crippen molar-refractivity contribution < 1.29 is 22.4 Å². The molecule has 1 aliphatic carbocycles. The number of benzene rings is 1. The van der Waals surface area contributed by atoms with Crippen LogP contribution in [0.1, 0.15) is 37.7 Å². The van der Waals surface area contributed by atoms with E-state index in [0.717, 1.165) is 31.7 Å². The lowest BCUT2D eigenvalue weighted by molar-refractivity contribution is -0.153. The second kappa shape index (κ2) is 5.23. The van der Waals surface area contributed by atoms with Crippen LogP contribution in [0.2, 0.25) is 0 Å². The Balaban J connectivity index is 1.70. The quantitative estimate of drug-likeness (QED) is 0.795. The highest BCUT2D eigenvalue weighted by Gasteiger charge is 2.43. The van der Waals surface area contributed by atoms with Crippen LogP contribution in [-0.2, 0) is 4.74 Å². The fraction of sp³-hybridized carbons (Fsp3) is 0.600. The smallest absolute Gasteiger partial charge is 0.490 e. The molecule has 1 saturated carbocycles. The maximum Gasteiger partial charge on any atom is 0.509 e. The summed E-state index contributed by atoms with van der Waals surface area (Å²) in [4.78, 5) is 0. The molecule has 1 saturated heterocycles. The van der Waals surface area contributed by atoms with Gasteiger partial charge in [0.1, 0.15) is 11.9 Å². The van der Waals surface area contributed by atoms with Crippen LogP contribution >= 0.6 is 0 Å². The van der Waals surface area contributed by atoms with Gasteiger partial charge in [0.2, 0.25) is 0 Å². The maximum atomic E-state index is 12.7. The van der Waals surface area contributed by atoms with Crippen LogP contribution in [0.3, 0.4) is 0 Å². The zero-order valence-corrected chi connectivity index (χ0v) is 12.1. The summed E-state index contributed by atoms with van der Waals surface area (Å²) in [5, 5.41) is 0. The van der Waals surface area contributed by atoms with E-state index in [9.17, 15) is 12.9 Å². The van der Waals surface area contributed by atoms with E-state index in [1.54, 1.807) is 6.92 Å². The van der Waals surface area contributed by atoms with Gasteiger partial charge in [0.15, 0.2) is 0 Å². The highest BCUT2D eigenvalue weighted by molar-refractivity contribution is 6.73. The van der Waals surface area contributed by atoms with Crippen LogP contribution in [-0.4, -0.2) is 25.3 Å². The summed E-state index contributed by atoms with van der Waals surface area (Å²) in [5.41, 5.74) is -0.0468. The molecule has 2 aliphatic rings. The molecule has 0 N–H and O–H groups in total. The minimum atomic E-state index is -4.95. The highest BCUT2D eigenvalue weighted by atomic mass is 19.4. The summed E-state index contributed by atoms with van der Waals surface area (Å²) < 4.78 is 49.9. The molecule has 0 bridgehead atoms. The Morgan fingerprint density at radius 3 is 2.62 bits per heavy atom. The largest absolute Gasteiger partial charge is 0.509 e. The molecule has 6 heteroatoms. The average molecular weight is 299 g/mol. The van der Waals surface area contributed by atoms with Gasteiger partial charge in [0.05, 0.1) is 12.2 Å². The summed E-state index contributed by atoms with van der Waals surface area (Å²) in [5.74, 6) is 0.556. The van der Waals surface area contributed by atoms with Crippen molar-refractivity contribution in [3.63, 3.8) is 0 Å². The van der Waals surface area contributed by atoms with Crippen molar-refractivity contribution in [1.82, 2.24) is 0 Å². The van der Waals surface area contributed by atoms with Gasteiger partial charge in [-0.2, -0.15) is 0 Å². The molecule has 3 rings (SSSR count). The predicted molar refractivity (Wildman–Crippen MR) is 76.1 cm³/mol. The first-order valence-corrected chi connectivity index (χ1v) is 7.49. The van der Waals surface area contributed by atoms with Gasteiger partial charge in [0.25, 0.3) is 0 Å². The maximum absolute atomic E-state index is 12.7. The van der Waals surface area contributed by atoms with Crippen LogP contribution in [0, 0.1) is 6.92 Å². The Hall–Kier alpha value is -1.17. The molecule has 1 heterocycles.